The van der Waals surface area contributed by atoms with E-state index < -0.39 is 12.1 Å². The minimum atomic E-state index is -0.598. The van der Waals surface area contributed by atoms with E-state index in [0.29, 0.717) is 17.9 Å². The Hall–Kier alpha value is -2.57. The van der Waals surface area contributed by atoms with Crippen molar-refractivity contribution < 1.29 is 19.1 Å². The Morgan fingerprint density at radius 3 is 2.40 bits per heavy atom. The maximum Gasteiger partial charge on any atom is 0.415 e. The quantitative estimate of drug-likeness (QED) is 0.813. The number of carbonyl (C=O) groups is 3. The minimum absolute atomic E-state index is 0.104. The van der Waals surface area contributed by atoms with Crippen LogP contribution in [0.25, 0.3) is 0 Å². The number of β-lactam (4-membered cyclic amide) rings is 1. The lowest BCUT2D eigenvalue weighted by Gasteiger charge is -2.33. The number of benzene rings is 1. The molecule has 0 bridgehead atoms. The highest BCUT2D eigenvalue weighted by Gasteiger charge is 2.35. The molecular formula is C18H23N3O4. The number of hydrogen-bond acceptors (Lipinski definition) is 4. The molecule has 1 aliphatic heterocycles. The molecule has 0 radical (unpaired) electrons. The molecule has 2 aliphatic rings. The molecule has 1 aliphatic carbocycles. The van der Waals surface area contributed by atoms with Gasteiger partial charge < -0.3 is 15.4 Å². The van der Waals surface area contributed by atoms with Crippen molar-refractivity contribution in [1.29, 1.82) is 0 Å². The van der Waals surface area contributed by atoms with Gasteiger partial charge in [0, 0.05) is 25.2 Å². The maximum absolute atomic E-state index is 12.3. The molecule has 0 aromatic heterocycles. The van der Waals surface area contributed by atoms with Crippen LogP contribution < -0.4 is 15.4 Å². The average Bonchev–Trinajstić information content (AvgIpc) is 2.61. The van der Waals surface area contributed by atoms with Gasteiger partial charge in [0.2, 0.25) is 5.91 Å². The Bertz CT molecular complexity index is 653. The van der Waals surface area contributed by atoms with Crippen molar-refractivity contribution in [2.24, 2.45) is 0 Å². The molecule has 0 unspecified atom stereocenters. The second kappa shape index (κ2) is 7.55. The van der Waals surface area contributed by atoms with Gasteiger partial charge in [0.05, 0.1) is 0 Å². The van der Waals surface area contributed by atoms with Crippen LogP contribution in [0.5, 0.6) is 5.75 Å². The van der Waals surface area contributed by atoms with Gasteiger partial charge in [-0.1, -0.05) is 19.3 Å². The SMILES string of the molecule is CN(C(=O)Oc1ccc(C(=O)NC2CCCCC2)cc1)[C@H]1CNC1=O. The molecule has 1 aromatic rings. The number of carbonyl (C=O) groups excluding carboxylic acids is 3. The zero-order chi connectivity index (χ0) is 17.8. The smallest absolute Gasteiger partial charge is 0.410 e. The van der Waals surface area contributed by atoms with Crippen LogP contribution in [0.4, 0.5) is 4.79 Å². The fourth-order valence-corrected chi connectivity index (χ4v) is 3.08. The molecule has 1 atom stereocenters. The summed E-state index contributed by atoms with van der Waals surface area (Å²) in [5.41, 5.74) is 0.539. The third-order valence-corrected chi connectivity index (χ3v) is 4.79. The van der Waals surface area contributed by atoms with Crippen molar-refractivity contribution in [1.82, 2.24) is 15.5 Å². The Kier molecular flexibility index (Phi) is 5.21. The Labute approximate surface area is 146 Å². The van der Waals surface area contributed by atoms with Crippen LogP contribution in [0.3, 0.4) is 0 Å². The van der Waals surface area contributed by atoms with E-state index in [4.69, 9.17) is 4.74 Å². The number of amides is 3. The molecule has 3 rings (SSSR count). The molecule has 3 amide bonds. The van der Waals surface area contributed by atoms with E-state index in [1.807, 2.05) is 0 Å². The van der Waals surface area contributed by atoms with Crippen LogP contribution in [0.1, 0.15) is 42.5 Å². The second-order valence-electron chi connectivity index (χ2n) is 6.57. The highest BCUT2D eigenvalue weighted by molar-refractivity contribution is 5.94. The standard InChI is InChI=1S/C18H23N3O4/c1-21(15-11-19-17(15)23)18(24)25-14-9-7-12(8-10-14)16(22)20-13-5-3-2-4-6-13/h7-10,13,15H,2-6,11H2,1H3,(H,19,23)(H,20,22)/t15-/m0/s1. The summed E-state index contributed by atoms with van der Waals surface area (Å²) in [5, 5.41) is 5.63. The molecule has 134 valence electrons. The van der Waals surface area contributed by atoms with Crippen LogP contribution in [0.2, 0.25) is 0 Å². The number of rotatable bonds is 4. The first kappa shape index (κ1) is 17.3. The van der Waals surface area contributed by atoms with Crippen LogP contribution in [0.15, 0.2) is 24.3 Å². The predicted octanol–water partition coefficient (Wildman–Crippen LogP) is 1.68. The molecule has 2 N–H and O–H groups in total. The monoisotopic (exact) mass is 345 g/mol. The number of nitrogens with one attached hydrogen (secondary N) is 2. The van der Waals surface area contributed by atoms with Gasteiger partial charge in [-0.2, -0.15) is 0 Å². The van der Waals surface area contributed by atoms with E-state index in [1.54, 1.807) is 24.3 Å². The minimum Gasteiger partial charge on any atom is -0.410 e. The molecule has 1 heterocycles. The lowest BCUT2D eigenvalue weighted by molar-refractivity contribution is -0.131. The van der Waals surface area contributed by atoms with E-state index >= 15 is 0 Å². The van der Waals surface area contributed by atoms with Gasteiger partial charge in [-0.25, -0.2) is 4.79 Å². The molecule has 2 fully saturated rings. The molecule has 1 saturated heterocycles. The molecule has 1 aromatic carbocycles. The third kappa shape index (κ3) is 4.10. The largest absolute Gasteiger partial charge is 0.415 e. The lowest BCUT2D eigenvalue weighted by Crippen LogP contribution is -2.62. The van der Waals surface area contributed by atoms with Crippen LogP contribution in [0, 0.1) is 0 Å². The fraction of sp³-hybridized carbons (Fsp3) is 0.500. The van der Waals surface area contributed by atoms with Gasteiger partial charge in [0.1, 0.15) is 11.8 Å². The Morgan fingerprint density at radius 1 is 1.16 bits per heavy atom. The third-order valence-electron chi connectivity index (χ3n) is 4.79. The summed E-state index contributed by atoms with van der Waals surface area (Å²) in [5.74, 6) is 0.0491. The zero-order valence-electron chi connectivity index (χ0n) is 14.3. The summed E-state index contributed by atoms with van der Waals surface area (Å²) in [6, 6.07) is 6.22. The summed E-state index contributed by atoms with van der Waals surface area (Å²) >= 11 is 0. The van der Waals surface area contributed by atoms with Gasteiger partial charge in [0.25, 0.3) is 5.91 Å². The van der Waals surface area contributed by atoms with E-state index in [9.17, 15) is 14.4 Å². The summed E-state index contributed by atoms with van der Waals surface area (Å²) < 4.78 is 5.24. The van der Waals surface area contributed by atoms with Crippen LogP contribution in [-0.2, 0) is 4.79 Å². The molecule has 1 saturated carbocycles. The Morgan fingerprint density at radius 2 is 1.84 bits per heavy atom. The van der Waals surface area contributed by atoms with Gasteiger partial charge in [-0.05, 0) is 37.1 Å². The van der Waals surface area contributed by atoms with Gasteiger partial charge in [-0.15, -0.1) is 0 Å². The molecule has 7 nitrogen and oxygen atoms in total. The summed E-state index contributed by atoms with van der Waals surface area (Å²) in [6.07, 6.45) is 5.02. The number of likely N-dealkylation sites (N-methyl/N-ethyl adjacent to an activating group) is 1. The van der Waals surface area contributed by atoms with Crippen LogP contribution >= 0.6 is 0 Å². The van der Waals surface area contributed by atoms with Crippen molar-refractivity contribution in [3.8, 4) is 5.75 Å². The number of nitrogens with zero attached hydrogens (tertiary/aromatic N) is 1. The van der Waals surface area contributed by atoms with Crippen LogP contribution in [-0.4, -0.2) is 48.5 Å². The Balaban J connectivity index is 1.53. The topological polar surface area (TPSA) is 87.7 Å². The van der Waals surface area contributed by atoms with E-state index in [2.05, 4.69) is 10.6 Å². The summed E-state index contributed by atoms with van der Waals surface area (Å²) in [7, 11) is 1.53. The number of hydrogen-bond donors (Lipinski definition) is 2. The average molecular weight is 345 g/mol. The van der Waals surface area contributed by atoms with Crippen molar-refractivity contribution in [2.45, 2.75) is 44.2 Å². The first-order valence-corrected chi connectivity index (χ1v) is 8.68. The maximum atomic E-state index is 12.3. The van der Waals surface area contributed by atoms with E-state index in [0.717, 1.165) is 25.7 Å². The van der Waals surface area contributed by atoms with E-state index in [-0.39, 0.29) is 17.9 Å². The molecular weight excluding hydrogens is 322 g/mol. The highest BCUT2D eigenvalue weighted by Crippen LogP contribution is 2.19. The first-order chi connectivity index (χ1) is 12.0. The first-order valence-electron chi connectivity index (χ1n) is 8.68. The number of ether oxygens (including phenoxy) is 1. The predicted molar refractivity (Wildman–Crippen MR) is 91.4 cm³/mol. The summed E-state index contributed by atoms with van der Waals surface area (Å²) in [4.78, 5) is 36.8. The highest BCUT2D eigenvalue weighted by atomic mass is 16.6. The molecule has 0 spiro atoms. The van der Waals surface area contributed by atoms with E-state index in [1.165, 1.54) is 18.4 Å². The van der Waals surface area contributed by atoms with Crippen molar-refractivity contribution in [2.75, 3.05) is 13.6 Å². The van der Waals surface area contributed by atoms with Crippen molar-refractivity contribution >= 4 is 17.9 Å². The van der Waals surface area contributed by atoms with Crippen molar-refractivity contribution in [3.05, 3.63) is 29.8 Å². The van der Waals surface area contributed by atoms with Crippen molar-refractivity contribution in [3.63, 3.8) is 0 Å². The zero-order valence-corrected chi connectivity index (χ0v) is 14.3. The second-order valence-corrected chi connectivity index (χ2v) is 6.57. The van der Waals surface area contributed by atoms with Gasteiger partial charge in [0.15, 0.2) is 0 Å². The van der Waals surface area contributed by atoms with Gasteiger partial charge in [-0.3, -0.25) is 14.5 Å². The molecule has 7 heteroatoms. The molecule has 25 heavy (non-hydrogen) atoms. The van der Waals surface area contributed by atoms with Gasteiger partial charge >= 0.3 is 6.09 Å². The fourth-order valence-electron chi connectivity index (χ4n) is 3.08. The summed E-state index contributed by atoms with van der Waals surface area (Å²) in [6.45, 7) is 0.435. The lowest BCUT2D eigenvalue weighted by atomic mass is 9.95. The normalized spacial score (nSPS) is 20.2.